The number of hydrogen-bond acceptors (Lipinski definition) is 4. The van der Waals surface area contributed by atoms with E-state index in [0.29, 0.717) is 12.1 Å². The molecule has 0 aliphatic heterocycles. The molecule has 0 radical (unpaired) electrons. The van der Waals surface area contributed by atoms with E-state index in [0.717, 1.165) is 39.1 Å². The average Bonchev–Trinajstić information content (AvgIpc) is 2.44. The van der Waals surface area contributed by atoms with Gasteiger partial charge in [-0.3, -0.25) is 0 Å². The zero-order valence-corrected chi connectivity index (χ0v) is 14.3. The number of nitrogens with one attached hydrogen (secondary N) is 1. The van der Waals surface area contributed by atoms with Gasteiger partial charge in [-0.15, -0.1) is 0 Å². The molecule has 0 saturated heterocycles. The second kappa shape index (κ2) is 14.5. The summed E-state index contributed by atoms with van der Waals surface area (Å²) in [5.74, 6) is 0. The van der Waals surface area contributed by atoms with Crippen LogP contribution in [0.4, 0.5) is 0 Å². The Labute approximate surface area is 121 Å². The van der Waals surface area contributed by atoms with Crippen molar-refractivity contribution >= 4 is 9.28 Å². The van der Waals surface area contributed by atoms with Crippen molar-refractivity contribution in [2.24, 2.45) is 5.73 Å². The minimum absolute atomic E-state index is 0.637. The molecule has 19 heavy (non-hydrogen) atoms. The van der Waals surface area contributed by atoms with Gasteiger partial charge < -0.3 is 19.9 Å². The third-order valence-corrected chi connectivity index (χ3v) is 5.83. The Morgan fingerprint density at radius 1 is 1.05 bits per heavy atom. The molecule has 116 valence electrons. The number of nitrogens with two attached hydrogens (primary N) is 1. The molecule has 0 fully saturated rings. The molecule has 0 aromatic rings. The molecule has 0 rings (SSSR count). The van der Waals surface area contributed by atoms with Crippen LogP contribution in [0.1, 0.15) is 52.9 Å². The van der Waals surface area contributed by atoms with Crippen molar-refractivity contribution in [1.29, 1.82) is 0 Å². The van der Waals surface area contributed by atoms with Crippen molar-refractivity contribution in [1.82, 2.24) is 5.32 Å². The Morgan fingerprint density at radius 3 is 2.16 bits per heavy atom. The lowest BCUT2D eigenvalue weighted by atomic mass is 10.2. The van der Waals surface area contributed by atoms with Crippen LogP contribution in [-0.4, -0.2) is 42.1 Å². The van der Waals surface area contributed by atoms with E-state index in [4.69, 9.17) is 14.6 Å². The minimum atomic E-state index is -1.50. The molecule has 3 N–H and O–H groups in total. The monoisotopic (exact) mass is 290 g/mol. The van der Waals surface area contributed by atoms with Crippen LogP contribution in [0, 0.1) is 0 Å². The van der Waals surface area contributed by atoms with E-state index in [-0.39, 0.29) is 0 Å². The van der Waals surface area contributed by atoms with Gasteiger partial charge in [-0.1, -0.05) is 27.2 Å². The van der Waals surface area contributed by atoms with E-state index >= 15 is 0 Å². The third kappa shape index (κ3) is 10.5. The molecular formula is C14H34N2O2Si. The number of hydrogen-bond donors (Lipinski definition) is 2. The summed E-state index contributed by atoms with van der Waals surface area (Å²) in [4.78, 5) is 0. The van der Waals surface area contributed by atoms with E-state index in [1.54, 1.807) is 0 Å². The highest BCUT2D eigenvalue weighted by Crippen LogP contribution is 2.23. The second-order valence-corrected chi connectivity index (χ2v) is 7.31. The Bertz CT molecular complexity index is 177. The zero-order chi connectivity index (χ0) is 14.3. The molecule has 0 bridgehead atoms. The molecule has 1 unspecified atom stereocenters. The van der Waals surface area contributed by atoms with Crippen molar-refractivity contribution in [3.63, 3.8) is 0 Å². The van der Waals surface area contributed by atoms with Crippen LogP contribution in [0.5, 0.6) is 0 Å². The molecule has 5 heteroatoms. The van der Waals surface area contributed by atoms with Crippen LogP contribution < -0.4 is 11.1 Å². The maximum Gasteiger partial charge on any atom is 0.324 e. The van der Waals surface area contributed by atoms with Gasteiger partial charge >= 0.3 is 9.28 Å². The average molecular weight is 291 g/mol. The van der Waals surface area contributed by atoms with Gasteiger partial charge in [0.1, 0.15) is 0 Å². The first-order valence-electron chi connectivity index (χ1n) is 7.94. The van der Waals surface area contributed by atoms with Gasteiger partial charge in [0.2, 0.25) is 0 Å². The normalized spacial score (nSPS) is 13.1. The Balaban J connectivity index is 3.99. The van der Waals surface area contributed by atoms with Crippen LogP contribution in [0.3, 0.4) is 0 Å². The van der Waals surface area contributed by atoms with Crippen molar-refractivity contribution in [3.05, 3.63) is 0 Å². The van der Waals surface area contributed by atoms with Crippen molar-refractivity contribution in [3.8, 4) is 0 Å². The largest absolute Gasteiger partial charge is 0.396 e. The van der Waals surface area contributed by atoms with E-state index < -0.39 is 9.28 Å². The molecule has 0 heterocycles. The summed E-state index contributed by atoms with van der Waals surface area (Å²) in [7, 11) is -1.50. The SMILES string of the molecule is CCCO[SiH](OCCC)C(CC)CCCNCCN. The van der Waals surface area contributed by atoms with Gasteiger partial charge in [-0.25, -0.2) is 0 Å². The maximum absolute atomic E-state index is 6.00. The van der Waals surface area contributed by atoms with Gasteiger partial charge in [-0.05, 0) is 37.8 Å². The lowest BCUT2D eigenvalue weighted by molar-refractivity contribution is 0.184. The molecule has 0 aliphatic carbocycles. The van der Waals surface area contributed by atoms with Gasteiger partial charge in [0.05, 0.1) is 0 Å². The van der Waals surface area contributed by atoms with E-state index in [2.05, 4.69) is 26.1 Å². The molecule has 0 aromatic carbocycles. The van der Waals surface area contributed by atoms with Crippen LogP contribution in [0.15, 0.2) is 0 Å². The summed E-state index contributed by atoms with van der Waals surface area (Å²) in [6, 6.07) is 0. The highest BCUT2D eigenvalue weighted by molar-refractivity contribution is 6.46. The van der Waals surface area contributed by atoms with Crippen molar-refractivity contribution < 1.29 is 8.85 Å². The fourth-order valence-corrected chi connectivity index (χ4v) is 4.51. The second-order valence-electron chi connectivity index (χ2n) is 4.96. The van der Waals surface area contributed by atoms with E-state index in [1.165, 1.54) is 19.3 Å². The van der Waals surface area contributed by atoms with E-state index in [1.807, 2.05) is 0 Å². The quantitative estimate of drug-likeness (QED) is 0.380. The zero-order valence-electron chi connectivity index (χ0n) is 13.1. The van der Waals surface area contributed by atoms with Crippen molar-refractivity contribution in [2.45, 2.75) is 58.4 Å². The molecule has 0 aromatic heterocycles. The van der Waals surface area contributed by atoms with Gasteiger partial charge in [0, 0.05) is 26.3 Å². The summed E-state index contributed by atoms with van der Waals surface area (Å²) < 4.78 is 12.0. The molecule has 0 amide bonds. The molecule has 0 aliphatic rings. The summed E-state index contributed by atoms with van der Waals surface area (Å²) >= 11 is 0. The summed E-state index contributed by atoms with van der Waals surface area (Å²) in [5, 5.41) is 3.35. The fourth-order valence-electron chi connectivity index (χ4n) is 2.04. The minimum Gasteiger partial charge on any atom is -0.396 e. The Morgan fingerprint density at radius 2 is 1.68 bits per heavy atom. The lowest BCUT2D eigenvalue weighted by Gasteiger charge is -2.24. The Kier molecular flexibility index (Phi) is 14.5. The first-order chi connectivity index (χ1) is 9.29. The highest BCUT2D eigenvalue weighted by Gasteiger charge is 2.24. The van der Waals surface area contributed by atoms with Crippen LogP contribution in [0.25, 0.3) is 0 Å². The van der Waals surface area contributed by atoms with Crippen LogP contribution >= 0.6 is 0 Å². The molecular weight excluding hydrogens is 256 g/mol. The summed E-state index contributed by atoms with van der Waals surface area (Å²) in [5.41, 5.74) is 6.10. The topological polar surface area (TPSA) is 56.5 Å². The molecule has 0 spiro atoms. The summed E-state index contributed by atoms with van der Waals surface area (Å²) in [6.07, 6.45) is 5.72. The predicted molar refractivity (Wildman–Crippen MR) is 84.8 cm³/mol. The first kappa shape index (κ1) is 19.1. The molecule has 4 nitrogen and oxygen atoms in total. The molecule has 0 saturated carbocycles. The van der Waals surface area contributed by atoms with Crippen molar-refractivity contribution in [2.75, 3.05) is 32.8 Å². The van der Waals surface area contributed by atoms with Gasteiger partial charge in [0.25, 0.3) is 0 Å². The van der Waals surface area contributed by atoms with E-state index in [9.17, 15) is 0 Å². The Hall–Kier alpha value is 0.0569. The standard InChI is InChI=1S/C14H34N2O2Si/c1-4-12-17-19(18-13-5-2)14(6-3)8-7-10-16-11-9-15/h14,16,19H,4-13,15H2,1-3H3. The lowest BCUT2D eigenvalue weighted by Crippen LogP contribution is -2.30. The third-order valence-electron chi connectivity index (χ3n) is 3.13. The van der Waals surface area contributed by atoms with Gasteiger partial charge in [-0.2, -0.15) is 0 Å². The van der Waals surface area contributed by atoms with Gasteiger partial charge in [0.15, 0.2) is 0 Å². The van der Waals surface area contributed by atoms with Crippen LogP contribution in [0.2, 0.25) is 5.54 Å². The first-order valence-corrected chi connectivity index (χ1v) is 9.54. The maximum atomic E-state index is 6.00. The van der Waals surface area contributed by atoms with Crippen LogP contribution in [-0.2, 0) is 8.85 Å². The molecule has 1 atom stereocenters. The predicted octanol–water partition coefficient (Wildman–Crippen LogP) is 2.17. The number of rotatable bonds is 14. The summed E-state index contributed by atoms with van der Waals surface area (Å²) in [6.45, 7) is 10.9. The smallest absolute Gasteiger partial charge is 0.324 e. The fraction of sp³-hybridized carbons (Fsp3) is 1.00. The highest BCUT2D eigenvalue weighted by atomic mass is 28.3.